The van der Waals surface area contributed by atoms with Crippen LogP contribution in [0.5, 0.6) is 5.75 Å². The number of Topliss-reactive ketones (excluding diaryl/α,β-unsaturated/α-hetero) is 1. The number of ether oxygens (including phenoxy) is 2. The fourth-order valence-corrected chi connectivity index (χ4v) is 3.13. The number of carbonyl (C=O) groups is 2. The zero-order valence-corrected chi connectivity index (χ0v) is 17.2. The van der Waals surface area contributed by atoms with Gasteiger partial charge in [-0.15, -0.1) is 0 Å². The number of hydrogen-bond donors (Lipinski definition) is 0. The molecule has 2 atom stereocenters. The van der Waals surface area contributed by atoms with Crippen molar-refractivity contribution < 1.29 is 19.1 Å². The summed E-state index contributed by atoms with van der Waals surface area (Å²) in [5.41, 5.74) is 1.58. The molecule has 0 saturated heterocycles. The Morgan fingerprint density at radius 1 is 0.929 bits per heavy atom. The van der Waals surface area contributed by atoms with Gasteiger partial charge >= 0.3 is 5.97 Å². The maximum absolute atomic E-state index is 13.1. The van der Waals surface area contributed by atoms with Crippen molar-refractivity contribution in [3.63, 3.8) is 0 Å². The van der Waals surface area contributed by atoms with E-state index in [9.17, 15) is 9.59 Å². The van der Waals surface area contributed by atoms with Crippen LogP contribution in [0.25, 0.3) is 0 Å². The Bertz CT molecular complexity index is 750. The molecule has 2 unspecified atom stereocenters. The van der Waals surface area contributed by atoms with Gasteiger partial charge < -0.3 is 9.47 Å². The van der Waals surface area contributed by atoms with Gasteiger partial charge in [0.15, 0.2) is 5.78 Å². The molecular weight excluding hydrogens is 352 g/mol. The van der Waals surface area contributed by atoms with Crippen LogP contribution in [0.3, 0.4) is 0 Å². The summed E-state index contributed by atoms with van der Waals surface area (Å²) in [7, 11) is 1.59. The second-order valence-electron chi connectivity index (χ2n) is 7.51. The third kappa shape index (κ3) is 6.22. The molecule has 0 fully saturated rings. The standard InChI is InChI=1S/C24H30O4/c1-17(2)14-15-28-23(25)16-22(19-8-6-5-7-9-19)18(3)24(26)20-10-12-21(27-4)13-11-20/h5-13,17-18,22H,14-16H2,1-4H3. The second kappa shape index (κ2) is 10.6. The van der Waals surface area contributed by atoms with Crippen molar-refractivity contribution in [2.75, 3.05) is 13.7 Å². The monoisotopic (exact) mass is 382 g/mol. The lowest BCUT2D eigenvalue weighted by Crippen LogP contribution is -2.23. The molecule has 0 aliphatic heterocycles. The maximum atomic E-state index is 13.1. The summed E-state index contributed by atoms with van der Waals surface area (Å²) in [6, 6.07) is 16.8. The van der Waals surface area contributed by atoms with E-state index < -0.39 is 0 Å². The van der Waals surface area contributed by atoms with Crippen LogP contribution in [0.15, 0.2) is 54.6 Å². The summed E-state index contributed by atoms with van der Waals surface area (Å²) >= 11 is 0. The van der Waals surface area contributed by atoms with Gasteiger partial charge in [-0.1, -0.05) is 51.1 Å². The lowest BCUT2D eigenvalue weighted by molar-refractivity contribution is -0.144. The van der Waals surface area contributed by atoms with Gasteiger partial charge in [0.05, 0.1) is 20.1 Å². The van der Waals surface area contributed by atoms with Crippen LogP contribution in [0.2, 0.25) is 0 Å². The first kappa shape index (κ1) is 21.7. The van der Waals surface area contributed by atoms with Gasteiger partial charge in [0.25, 0.3) is 0 Å². The fraction of sp³-hybridized carbons (Fsp3) is 0.417. The number of hydrogen-bond acceptors (Lipinski definition) is 4. The van der Waals surface area contributed by atoms with E-state index in [1.165, 1.54) is 0 Å². The Morgan fingerprint density at radius 3 is 2.14 bits per heavy atom. The molecule has 150 valence electrons. The minimum absolute atomic E-state index is 0.00601. The summed E-state index contributed by atoms with van der Waals surface area (Å²) in [5.74, 6) is 0.344. The normalized spacial score (nSPS) is 13.0. The van der Waals surface area contributed by atoms with Gasteiger partial charge in [-0.05, 0) is 42.2 Å². The molecule has 0 aliphatic rings. The third-order valence-electron chi connectivity index (χ3n) is 4.96. The topological polar surface area (TPSA) is 52.6 Å². The molecule has 0 N–H and O–H groups in total. The maximum Gasteiger partial charge on any atom is 0.306 e. The van der Waals surface area contributed by atoms with Crippen molar-refractivity contribution >= 4 is 11.8 Å². The Balaban J connectivity index is 2.15. The zero-order chi connectivity index (χ0) is 20.5. The van der Waals surface area contributed by atoms with Crippen LogP contribution in [0.1, 0.15) is 55.5 Å². The smallest absolute Gasteiger partial charge is 0.306 e. The average molecular weight is 383 g/mol. The Hall–Kier alpha value is -2.62. The predicted octanol–water partition coefficient (Wildman–Crippen LogP) is 5.28. The molecule has 2 rings (SSSR count). The van der Waals surface area contributed by atoms with Crippen molar-refractivity contribution in [1.29, 1.82) is 0 Å². The van der Waals surface area contributed by atoms with Crippen LogP contribution >= 0.6 is 0 Å². The van der Waals surface area contributed by atoms with Gasteiger partial charge in [0, 0.05) is 17.4 Å². The van der Waals surface area contributed by atoms with E-state index in [2.05, 4.69) is 13.8 Å². The highest BCUT2D eigenvalue weighted by Crippen LogP contribution is 2.31. The van der Waals surface area contributed by atoms with Gasteiger partial charge in [0.1, 0.15) is 5.75 Å². The Labute approximate surface area is 167 Å². The highest BCUT2D eigenvalue weighted by Gasteiger charge is 2.29. The number of esters is 1. The molecule has 0 radical (unpaired) electrons. The minimum atomic E-state index is -0.353. The summed E-state index contributed by atoms with van der Waals surface area (Å²) in [4.78, 5) is 25.5. The van der Waals surface area contributed by atoms with Crippen molar-refractivity contribution in [2.24, 2.45) is 11.8 Å². The summed E-state index contributed by atoms with van der Waals surface area (Å²) < 4.78 is 10.6. The minimum Gasteiger partial charge on any atom is -0.497 e. The molecule has 2 aromatic rings. The number of carbonyl (C=O) groups excluding carboxylic acids is 2. The predicted molar refractivity (Wildman–Crippen MR) is 111 cm³/mol. The highest BCUT2D eigenvalue weighted by atomic mass is 16.5. The second-order valence-corrected chi connectivity index (χ2v) is 7.51. The van der Waals surface area contributed by atoms with Gasteiger partial charge in [-0.3, -0.25) is 9.59 Å². The van der Waals surface area contributed by atoms with E-state index >= 15 is 0 Å². The van der Waals surface area contributed by atoms with E-state index in [1.807, 2.05) is 37.3 Å². The van der Waals surface area contributed by atoms with E-state index in [0.29, 0.717) is 23.8 Å². The van der Waals surface area contributed by atoms with Crippen molar-refractivity contribution in [3.05, 3.63) is 65.7 Å². The van der Waals surface area contributed by atoms with Crippen LogP contribution in [-0.2, 0) is 9.53 Å². The molecule has 0 spiro atoms. The van der Waals surface area contributed by atoms with E-state index in [-0.39, 0.29) is 30.0 Å². The molecular formula is C24H30O4. The van der Waals surface area contributed by atoms with E-state index in [0.717, 1.165) is 12.0 Å². The zero-order valence-electron chi connectivity index (χ0n) is 17.2. The quantitative estimate of drug-likeness (QED) is 0.414. The molecule has 0 heterocycles. The fourth-order valence-electron chi connectivity index (χ4n) is 3.13. The van der Waals surface area contributed by atoms with Crippen molar-refractivity contribution in [1.82, 2.24) is 0 Å². The number of rotatable bonds is 10. The SMILES string of the molecule is COc1ccc(C(=O)C(C)C(CC(=O)OCCC(C)C)c2ccccc2)cc1. The van der Waals surface area contributed by atoms with Crippen molar-refractivity contribution in [3.8, 4) is 5.75 Å². The van der Waals surface area contributed by atoms with E-state index in [1.54, 1.807) is 31.4 Å². The van der Waals surface area contributed by atoms with Gasteiger partial charge in [-0.2, -0.15) is 0 Å². The first-order valence-electron chi connectivity index (χ1n) is 9.81. The van der Waals surface area contributed by atoms with Gasteiger partial charge in [-0.25, -0.2) is 0 Å². The Kier molecular flexibility index (Phi) is 8.24. The van der Waals surface area contributed by atoms with Gasteiger partial charge in [0.2, 0.25) is 0 Å². The van der Waals surface area contributed by atoms with Crippen molar-refractivity contribution in [2.45, 2.75) is 39.5 Å². The first-order valence-corrected chi connectivity index (χ1v) is 9.81. The highest BCUT2D eigenvalue weighted by molar-refractivity contribution is 5.98. The third-order valence-corrected chi connectivity index (χ3v) is 4.96. The lowest BCUT2D eigenvalue weighted by atomic mass is 9.80. The molecule has 4 nitrogen and oxygen atoms in total. The molecule has 28 heavy (non-hydrogen) atoms. The molecule has 0 amide bonds. The van der Waals surface area contributed by atoms with Crippen LogP contribution < -0.4 is 4.74 Å². The number of ketones is 1. The van der Waals surface area contributed by atoms with Crippen LogP contribution in [0, 0.1) is 11.8 Å². The van der Waals surface area contributed by atoms with Crippen LogP contribution in [-0.4, -0.2) is 25.5 Å². The van der Waals surface area contributed by atoms with E-state index in [4.69, 9.17) is 9.47 Å². The molecule has 0 aromatic heterocycles. The number of benzene rings is 2. The lowest BCUT2D eigenvalue weighted by Gasteiger charge is -2.23. The molecule has 2 aromatic carbocycles. The molecule has 0 saturated carbocycles. The molecule has 0 bridgehead atoms. The molecule has 4 heteroatoms. The average Bonchev–Trinajstić information content (AvgIpc) is 2.71. The molecule has 0 aliphatic carbocycles. The summed E-state index contributed by atoms with van der Waals surface area (Å²) in [6.07, 6.45) is 1.02. The van der Waals surface area contributed by atoms with Crippen LogP contribution in [0.4, 0.5) is 0 Å². The number of methoxy groups -OCH3 is 1. The summed E-state index contributed by atoms with van der Waals surface area (Å²) in [5, 5.41) is 0. The summed E-state index contributed by atoms with van der Waals surface area (Å²) in [6.45, 7) is 6.48. The largest absolute Gasteiger partial charge is 0.497 e. The first-order chi connectivity index (χ1) is 13.4. The Morgan fingerprint density at radius 2 is 1.57 bits per heavy atom.